The summed E-state index contributed by atoms with van der Waals surface area (Å²) in [4.78, 5) is 4.99. The third-order valence-corrected chi connectivity index (χ3v) is 5.03. The molecule has 0 saturated carbocycles. The van der Waals surface area contributed by atoms with E-state index in [9.17, 15) is 0 Å². The van der Waals surface area contributed by atoms with E-state index < -0.39 is 0 Å². The van der Waals surface area contributed by atoms with Gasteiger partial charge in [0.05, 0.1) is 0 Å². The highest BCUT2D eigenvalue weighted by Crippen LogP contribution is 2.30. The predicted molar refractivity (Wildman–Crippen MR) is 99.1 cm³/mol. The lowest BCUT2D eigenvalue weighted by atomic mass is 9.96. The minimum Gasteiger partial charge on any atom is -0.304 e. The zero-order chi connectivity index (χ0) is 16.1. The monoisotopic (exact) mass is 328 g/mol. The van der Waals surface area contributed by atoms with Crippen LogP contribution in [0, 0.1) is 0 Å². The van der Waals surface area contributed by atoms with Gasteiger partial charge >= 0.3 is 0 Å². The smallest absolute Gasteiger partial charge is 0.0484 e. The van der Waals surface area contributed by atoms with Crippen LogP contribution in [0.2, 0.25) is 5.02 Å². The Kier molecular flexibility index (Phi) is 5.71. The van der Waals surface area contributed by atoms with Gasteiger partial charge in [-0.15, -0.1) is 0 Å². The fraction of sp³-hybridized carbons (Fsp3) is 0.400. The molecule has 0 spiro atoms. The molecule has 1 aliphatic rings. The maximum absolute atomic E-state index is 6.39. The SMILES string of the molecule is CN1CCN(CCCc2ccccc2-c2ccccc2Cl)CC1. The van der Waals surface area contributed by atoms with Crippen molar-refractivity contribution in [1.82, 2.24) is 9.80 Å². The Balaban J connectivity index is 1.64. The van der Waals surface area contributed by atoms with E-state index in [2.05, 4.69) is 53.2 Å². The van der Waals surface area contributed by atoms with Crippen molar-refractivity contribution in [3.05, 3.63) is 59.1 Å². The lowest BCUT2D eigenvalue weighted by Crippen LogP contribution is -2.44. The van der Waals surface area contributed by atoms with Crippen LogP contribution < -0.4 is 0 Å². The van der Waals surface area contributed by atoms with Crippen molar-refractivity contribution in [3.63, 3.8) is 0 Å². The van der Waals surface area contributed by atoms with E-state index in [1.807, 2.05) is 12.1 Å². The molecule has 0 bridgehead atoms. The molecule has 3 rings (SSSR count). The average Bonchev–Trinajstić information content (AvgIpc) is 2.58. The molecular weight excluding hydrogens is 304 g/mol. The van der Waals surface area contributed by atoms with Gasteiger partial charge in [-0.3, -0.25) is 0 Å². The number of rotatable bonds is 5. The van der Waals surface area contributed by atoms with E-state index in [4.69, 9.17) is 11.6 Å². The quantitative estimate of drug-likeness (QED) is 0.812. The third kappa shape index (κ3) is 4.35. The van der Waals surface area contributed by atoms with Gasteiger partial charge in [-0.2, -0.15) is 0 Å². The van der Waals surface area contributed by atoms with Crippen molar-refractivity contribution in [3.8, 4) is 11.1 Å². The first-order chi connectivity index (χ1) is 11.2. The molecule has 0 aromatic heterocycles. The number of hydrogen-bond acceptors (Lipinski definition) is 2. The molecule has 0 atom stereocenters. The van der Waals surface area contributed by atoms with E-state index in [0.717, 1.165) is 17.0 Å². The second-order valence-corrected chi connectivity index (χ2v) is 6.79. The highest BCUT2D eigenvalue weighted by molar-refractivity contribution is 6.33. The predicted octanol–water partition coefficient (Wildman–Crippen LogP) is 4.19. The minimum atomic E-state index is 0.832. The Morgan fingerprint density at radius 3 is 2.26 bits per heavy atom. The summed E-state index contributed by atoms with van der Waals surface area (Å²) < 4.78 is 0. The number of benzene rings is 2. The van der Waals surface area contributed by atoms with E-state index in [-0.39, 0.29) is 0 Å². The summed E-state index contributed by atoms with van der Waals surface area (Å²) in [5.74, 6) is 0. The van der Waals surface area contributed by atoms with E-state index in [1.165, 1.54) is 50.3 Å². The van der Waals surface area contributed by atoms with E-state index >= 15 is 0 Å². The highest BCUT2D eigenvalue weighted by Gasteiger charge is 2.13. The number of halogens is 1. The summed E-state index contributed by atoms with van der Waals surface area (Å²) in [5, 5.41) is 0.832. The van der Waals surface area contributed by atoms with Gasteiger partial charge in [0.15, 0.2) is 0 Å². The summed E-state index contributed by atoms with van der Waals surface area (Å²) in [6.45, 7) is 5.96. The van der Waals surface area contributed by atoms with E-state index in [0.29, 0.717) is 0 Å². The fourth-order valence-corrected chi connectivity index (χ4v) is 3.48. The molecule has 2 aromatic rings. The van der Waals surface area contributed by atoms with Gasteiger partial charge in [-0.1, -0.05) is 54.1 Å². The number of piperazine rings is 1. The third-order valence-electron chi connectivity index (χ3n) is 4.70. The normalized spacial score (nSPS) is 16.6. The summed E-state index contributed by atoms with van der Waals surface area (Å²) in [6.07, 6.45) is 2.30. The summed E-state index contributed by atoms with van der Waals surface area (Å²) in [6, 6.07) is 16.8. The molecule has 0 N–H and O–H groups in total. The molecule has 2 nitrogen and oxygen atoms in total. The first-order valence-electron chi connectivity index (χ1n) is 8.48. The molecule has 1 heterocycles. The second-order valence-electron chi connectivity index (χ2n) is 6.39. The largest absolute Gasteiger partial charge is 0.304 e. The molecule has 1 aliphatic heterocycles. The van der Waals surface area contributed by atoms with Gasteiger partial charge in [-0.25, -0.2) is 0 Å². The van der Waals surface area contributed by atoms with Crippen LogP contribution in [-0.2, 0) is 6.42 Å². The maximum atomic E-state index is 6.39. The van der Waals surface area contributed by atoms with Gasteiger partial charge in [0, 0.05) is 36.8 Å². The zero-order valence-electron chi connectivity index (χ0n) is 13.8. The van der Waals surface area contributed by atoms with Crippen molar-refractivity contribution < 1.29 is 0 Å². The highest BCUT2D eigenvalue weighted by atomic mass is 35.5. The molecule has 0 aliphatic carbocycles. The van der Waals surface area contributed by atoms with Gasteiger partial charge in [-0.05, 0) is 43.6 Å². The topological polar surface area (TPSA) is 6.48 Å². The number of aryl methyl sites for hydroxylation is 1. The van der Waals surface area contributed by atoms with Crippen molar-refractivity contribution >= 4 is 11.6 Å². The van der Waals surface area contributed by atoms with Crippen molar-refractivity contribution in [1.29, 1.82) is 0 Å². The molecule has 1 fully saturated rings. The standard InChI is InChI=1S/C20H25ClN2/c1-22-13-15-23(16-14-22)12-6-8-17-7-2-3-9-18(17)19-10-4-5-11-20(19)21/h2-5,7,9-11H,6,8,12-16H2,1H3. The molecule has 3 heteroatoms. The van der Waals surface area contributed by atoms with Crippen LogP contribution in [0.15, 0.2) is 48.5 Å². The Labute approximate surface area is 144 Å². The van der Waals surface area contributed by atoms with Crippen LogP contribution in [0.25, 0.3) is 11.1 Å². The summed E-state index contributed by atoms with van der Waals surface area (Å²) in [7, 11) is 2.21. The van der Waals surface area contributed by atoms with Crippen molar-refractivity contribution in [2.45, 2.75) is 12.8 Å². The zero-order valence-corrected chi connectivity index (χ0v) is 14.6. The lowest BCUT2D eigenvalue weighted by Gasteiger charge is -2.32. The van der Waals surface area contributed by atoms with Crippen LogP contribution in [0.3, 0.4) is 0 Å². The molecule has 0 unspecified atom stereocenters. The maximum Gasteiger partial charge on any atom is 0.0484 e. The van der Waals surface area contributed by atoms with Crippen LogP contribution in [0.4, 0.5) is 0 Å². The molecule has 0 radical (unpaired) electrons. The molecule has 23 heavy (non-hydrogen) atoms. The molecular formula is C20H25ClN2. The number of likely N-dealkylation sites (N-methyl/N-ethyl adjacent to an activating group) is 1. The molecule has 0 amide bonds. The van der Waals surface area contributed by atoms with Crippen LogP contribution in [-0.4, -0.2) is 49.6 Å². The Hall–Kier alpha value is -1.35. The average molecular weight is 329 g/mol. The first kappa shape index (κ1) is 16.5. The van der Waals surface area contributed by atoms with Gasteiger partial charge in [0.25, 0.3) is 0 Å². The summed E-state index contributed by atoms with van der Waals surface area (Å²) >= 11 is 6.39. The molecule has 2 aromatic carbocycles. The van der Waals surface area contributed by atoms with Gasteiger partial charge in [0.2, 0.25) is 0 Å². The Morgan fingerprint density at radius 1 is 0.870 bits per heavy atom. The van der Waals surface area contributed by atoms with Crippen LogP contribution in [0.1, 0.15) is 12.0 Å². The number of nitrogens with zero attached hydrogens (tertiary/aromatic N) is 2. The summed E-state index contributed by atoms with van der Waals surface area (Å²) in [5.41, 5.74) is 3.82. The lowest BCUT2D eigenvalue weighted by molar-refractivity contribution is 0.153. The van der Waals surface area contributed by atoms with Crippen LogP contribution >= 0.6 is 11.6 Å². The van der Waals surface area contributed by atoms with Gasteiger partial charge in [0.1, 0.15) is 0 Å². The van der Waals surface area contributed by atoms with Gasteiger partial charge < -0.3 is 9.80 Å². The van der Waals surface area contributed by atoms with E-state index in [1.54, 1.807) is 0 Å². The minimum absolute atomic E-state index is 0.832. The van der Waals surface area contributed by atoms with Crippen molar-refractivity contribution in [2.75, 3.05) is 39.8 Å². The number of hydrogen-bond donors (Lipinski definition) is 0. The first-order valence-corrected chi connectivity index (χ1v) is 8.85. The van der Waals surface area contributed by atoms with Crippen LogP contribution in [0.5, 0.6) is 0 Å². The molecule has 122 valence electrons. The Morgan fingerprint density at radius 2 is 1.52 bits per heavy atom. The van der Waals surface area contributed by atoms with Crippen molar-refractivity contribution in [2.24, 2.45) is 0 Å². The fourth-order valence-electron chi connectivity index (χ4n) is 3.25. The molecule has 1 saturated heterocycles. The second kappa shape index (κ2) is 7.96. The Bertz CT molecular complexity index is 633.